The SMILES string of the molecule is Cc1cc(N2C[C@H](O)[C@@H](N3CCN(Cc4ccc(Cl)cc4)CC3)C2)nc2ccccc12. The minimum absolute atomic E-state index is 0.159. The lowest BCUT2D eigenvalue weighted by Gasteiger charge is -2.38. The van der Waals surface area contributed by atoms with Gasteiger partial charge in [-0.3, -0.25) is 9.80 Å². The van der Waals surface area contributed by atoms with Gasteiger partial charge in [-0.05, 0) is 42.3 Å². The van der Waals surface area contributed by atoms with Gasteiger partial charge in [-0.2, -0.15) is 0 Å². The van der Waals surface area contributed by atoms with Gasteiger partial charge in [-0.1, -0.05) is 41.9 Å². The van der Waals surface area contributed by atoms with E-state index >= 15 is 0 Å². The lowest BCUT2D eigenvalue weighted by Crippen LogP contribution is -2.53. The van der Waals surface area contributed by atoms with E-state index < -0.39 is 0 Å². The van der Waals surface area contributed by atoms with Crippen molar-refractivity contribution in [3.8, 4) is 0 Å². The predicted octanol–water partition coefficient (Wildman–Crippen LogP) is 3.56. The second kappa shape index (κ2) is 8.75. The van der Waals surface area contributed by atoms with Crippen molar-refractivity contribution in [1.82, 2.24) is 14.8 Å². The highest BCUT2D eigenvalue weighted by atomic mass is 35.5. The normalized spacial score (nSPS) is 23.0. The Balaban J connectivity index is 1.22. The minimum Gasteiger partial charge on any atom is -0.390 e. The molecule has 3 heterocycles. The molecule has 31 heavy (non-hydrogen) atoms. The van der Waals surface area contributed by atoms with Gasteiger partial charge in [0.15, 0.2) is 0 Å². The quantitative estimate of drug-likeness (QED) is 0.677. The number of pyridine rings is 1. The maximum absolute atomic E-state index is 10.8. The Bertz CT molecular complexity index is 1050. The smallest absolute Gasteiger partial charge is 0.129 e. The second-order valence-corrected chi connectivity index (χ2v) is 9.23. The molecule has 0 saturated carbocycles. The van der Waals surface area contributed by atoms with E-state index in [9.17, 15) is 5.11 Å². The molecule has 0 bridgehead atoms. The van der Waals surface area contributed by atoms with Crippen LogP contribution in [0.2, 0.25) is 5.02 Å². The largest absolute Gasteiger partial charge is 0.390 e. The third-order valence-electron chi connectivity index (χ3n) is 6.69. The van der Waals surface area contributed by atoms with Crippen molar-refractivity contribution >= 4 is 28.3 Å². The first-order chi connectivity index (χ1) is 15.1. The summed E-state index contributed by atoms with van der Waals surface area (Å²) < 4.78 is 0. The van der Waals surface area contributed by atoms with Gasteiger partial charge in [-0.25, -0.2) is 4.98 Å². The molecule has 162 valence electrons. The highest BCUT2D eigenvalue weighted by Crippen LogP contribution is 2.27. The van der Waals surface area contributed by atoms with E-state index in [4.69, 9.17) is 16.6 Å². The summed E-state index contributed by atoms with van der Waals surface area (Å²) >= 11 is 6.00. The van der Waals surface area contributed by atoms with Gasteiger partial charge in [0.25, 0.3) is 0 Å². The van der Waals surface area contributed by atoms with Gasteiger partial charge >= 0.3 is 0 Å². The van der Waals surface area contributed by atoms with Crippen LogP contribution in [0.5, 0.6) is 0 Å². The van der Waals surface area contributed by atoms with Gasteiger partial charge in [0, 0.05) is 56.2 Å². The number of rotatable bonds is 4. The molecule has 1 aromatic heterocycles. The minimum atomic E-state index is -0.351. The maximum atomic E-state index is 10.8. The van der Waals surface area contributed by atoms with E-state index in [1.165, 1.54) is 16.5 Å². The number of β-amino-alcohol motifs (C(OH)–C–C–N with tert-alkyl or cyclic N) is 1. The molecule has 2 atom stereocenters. The molecule has 2 aliphatic heterocycles. The van der Waals surface area contributed by atoms with Crippen LogP contribution in [-0.4, -0.2) is 71.3 Å². The Labute approximate surface area is 188 Å². The van der Waals surface area contributed by atoms with Crippen molar-refractivity contribution in [2.45, 2.75) is 25.6 Å². The lowest BCUT2D eigenvalue weighted by atomic mass is 10.1. The van der Waals surface area contributed by atoms with E-state index in [1.807, 2.05) is 18.2 Å². The Kier molecular flexibility index (Phi) is 5.85. The summed E-state index contributed by atoms with van der Waals surface area (Å²) in [6, 6.07) is 18.7. The number of aryl methyl sites for hydroxylation is 1. The molecular weight excluding hydrogens is 408 g/mol. The monoisotopic (exact) mass is 436 g/mol. The zero-order chi connectivity index (χ0) is 21.4. The number of aromatic nitrogens is 1. The van der Waals surface area contributed by atoms with Crippen LogP contribution in [0.15, 0.2) is 54.6 Å². The molecule has 0 amide bonds. The third-order valence-corrected chi connectivity index (χ3v) is 6.94. The van der Waals surface area contributed by atoms with E-state index in [0.717, 1.165) is 55.6 Å². The van der Waals surface area contributed by atoms with Crippen LogP contribution in [0.4, 0.5) is 5.82 Å². The number of aliphatic hydroxyl groups excluding tert-OH is 1. The number of para-hydroxylation sites is 1. The van der Waals surface area contributed by atoms with E-state index in [1.54, 1.807) is 0 Å². The molecule has 0 unspecified atom stereocenters. The van der Waals surface area contributed by atoms with Crippen LogP contribution in [0.3, 0.4) is 0 Å². The van der Waals surface area contributed by atoms with Gasteiger partial charge < -0.3 is 10.0 Å². The predicted molar refractivity (Wildman–Crippen MR) is 127 cm³/mol. The van der Waals surface area contributed by atoms with E-state index in [-0.39, 0.29) is 12.1 Å². The summed E-state index contributed by atoms with van der Waals surface area (Å²) in [7, 11) is 0. The number of halogens is 1. The summed E-state index contributed by atoms with van der Waals surface area (Å²) in [5.74, 6) is 0.971. The number of nitrogens with zero attached hydrogens (tertiary/aromatic N) is 4. The Morgan fingerprint density at radius 3 is 2.52 bits per heavy atom. The number of piperazine rings is 1. The van der Waals surface area contributed by atoms with Gasteiger partial charge in [0.1, 0.15) is 5.82 Å². The second-order valence-electron chi connectivity index (χ2n) is 8.79. The molecule has 5 rings (SSSR count). The standard InChI is InChI=1S/C25H29ClN4O/c1-18-14-25(27-22-5-3-2-4-21(18)22)30-16-23(24(31)17-30)29-12-10-28(11-13-29)15-19-6-8-20(26)9-7-19/h2-9,14,23-24,31H,10-13,15-17H2,1H3/t23-,24-/m0/s1. The molecule has 1 N–H and O–H groups in total. The summed E-state index contributed by atoms with van der Waals surface area (Å²) in [5, 5.41) is 12.8. The van der Waals surface area contributed by atoms with Crippen molar-refractivity contribution in [2.24, 2.45) is 0 Å². The number of aliphatic hydroxyl groups is 1. The summed E-state index contributed by atoms with van der Waals surface area (Å²) in [6.07, 6.45) is -0.351. The number of benzene rings is 2. The Hall–Kier alpha value is -2.18. The van der Waals surface area contributed by atoms with Crippen LogP contribution >= 0.6 is 11.6 Å². The molecule has 2 fully saturated rings. The molecule has 2 saturated heterocycles. The Morgan fingerprint density at radius 2 is 1.74 bits per heavy atom. The maximum Gasteiger partial charge on any atom is 0.129 e. The first-order valence-corrected chi connectivity index (χ1v) is 11.4. The highest BCUT2D eigenvalue weighted by molar-refractivity contribution is 6.30. The van der Waals surface area contributed by atoms with Crippen molar-refractivity contribution in [3.05, 3.63) is 70.7 Å². The topological polar surface area (TPSA) is 42.8 Å². The highest BCUT2D eigenvalue weighted by Gasteiger charge is 2.37. The van der Waals surface area contributed by atoms with Crippen molar-refractivity contribution in [2.75, 3.05) is 44.2 Å². The van der Waals surface area contributed by atoms with Crippen LogP contribution in [0, 0.1) is 6.92 Å². The van der Waals surface area contributed by atoms with Crippen LogP contribution < -0.4 is 4.90 Å². The van der Waals surface area contributed by atoms with Crippen molar-refractivity contribution < 1.29 is 5.11 Å². The Morgan fingerprint density at radius 1 is 1.00 bits per heavy atom. The number of fused-ring (bicyclic) bond motifs is 1. The van der Waals surface area contributed by atoms with E-state index in [0.29, 0.717) is 6.54 Å². The molecule has 2 aromatic carbocycles. The van der Waals surface area contributed by atoms with Crippen molar-refractivity contribution in [3.63, 3.8) is 0 Å². The third kappa shape index (κ3) is 4.41. The van der Waals surface area contributed by atoms with Crippen LogP contribution in [0.25, 0.3) is 10.9 Å². The van der Waals surface area contributed by atoms with Gasteiger partial charge in [0.2, 0.25) is 0 Å². The van der Waals surface area contributed by atoms with E-state index in [2.05, 4.69) is 58.0 Å². The molecule has 5 nitrogen and oxygen atoms in total. The summed E-state index contributed by atoms with van der Waals surface area (Å²) in [5.41, 5.74) is 3.54. The fourth-order valence-electron chi connectivity index (χ4n) is 4.91. The fraction of sp³-hybridized carbons (Fsp3) is 0.400. The fourth-order valence-corrected chi connectivity index (χ4v) is 5.04. The number of hydrogen-bond acceptors (Lipinski definition) is 5. The molecule has 2 aliphatic rings. The zero-order valence-corrected chi connectivity index (χ0v) is 18.7. The first kappa shape index (κ1) is 20.7. The first-order valence-electron chi connectivity index (χ1n) is 11.1. The molecule has 0 spiro atoms. The van der Waals surface area contributed by atoms with Gasteiger partial charge in [0.05, 0.1) is 17.7 Å². The zero-order valence-electron chi connectivity index (χ0n) is 17.9. The van der Waals surface area contributed by atoms with Crippen LogP contribution in [-0.2, 0) is 6.54 Å². The average molecular weight is 437 g/mol. The molecule has 3 aromatic rings. The molecular formula is C25H29ClN4O. The molecule has 6 heteroatoms. The van der Waals surface area contributed by atoms with Crippen LogP contribution in [0.1, 0.15) is 11.1 Å². The van der Waals surface area contributed by atoms with Crippen molar-refractivity contribution in [1.29, 1.82) is 0 Å². The molecule has 0 aliphatic carbocycles. The van der Waals surface area contributed by atoms with Gasteiger partial charge in [-0.15, -0.1) is 0 Å². The summed E-state index contributed by atoms with van der Waals surface area (Å²) in [4.78, 5) is 12.1. The average Bonchev–Trinajstić information content (AvgIpc) is 3.17. The number of anilines is 1. The molecule has 0 radical (unpaired) electrons. The number of hydrogen-bond donors (Lipinski definition) is 1. The lowest BCUT2D eigenvalue weighted by molar-refractivity contribution is 0.0424. The summed E-state index contributed by atoms with van der Waals surface area (Å²) in [6.45, 7) is 8.53.